The summed E-state index contributed by atoms with van der Waals surface area (Å²) in [5.41, 5.74) is 9.47. The average molecular weight is 413 g/mol. The number of hydrogen-bond acceptors (Lipinski definition) is 3. The summed E-state index contributed by atoms with van der Waals surface area (Å²) in [5, 5.41) is 6.64. The first kappa shape index (κ1) is 20.3. The molecule has 2 rings (SSSR count). The SMILES string of the molecule is Cc1ccc(NC(=S)NNC(=S)Nc2ccc(SC(F)F)cc2)cc1C. The molecule has 9 heteroatoms. The summed E-state index contributed by atoms with van der Waals surface area (Å²) in [6.07, 6.45) is 0. The molecule has 0 amide bonds. The van der Waals surface area contributed by atoms with Gasteiger partial charge in [0.25, 0.3) is 5.76 Å². The molecule has 26 heavy (non-hydrogen) atoms. The maximum atomic E-state index is 12.3. The molecule has 0 aromatic heterocycles. The fourth-order valence-corrected chi connectivity index (χ4v) is 2.81. The molecule has 0 spiro atoms. The van der Waals surface area contributed by atoms with Crippen LogP contribution in [0.1, 0.15) is 11.1 Å². The van der Waals surface area contributed by atoms with Crippen LogP contribution in [-0.2, 0) is 0 Å². The zero-order valence-corrected chi connectivity index (χ0v) is 16.5. The number of nitrogens with one attached hydrogen (secondary N) is 4. The molecular formula is C17H18F2N4S3. The van der Waals surface area contributed by atoms with E-state index in [4.69, 9.17) is 24.4 Å². The van der Waals surface area contributed by atoms with Crippen LogP contribution in [0.2, 0.25) is 0 Å². The normalized spacial score (nSPS) is 10.3. The molecule has 0 unspecified atom stereocenters. The van der Waals surface area contributed by atoms with E-state index in [9.17, 15) is 8.78 Å². The Bertz CT molecular complexity index is 782. The Morgan fingerprint density at radius 2 is 1.38 bits per heavy atom. The van der Waals surface area contributed by atoms with Crippen LogP contribution in [0, 0.1) is 13.8 Å². The van der Waals surface area contributed by atoms with E-state index in [1.165, 1.54) is 5.56 Å². The van der Waals surface area contributed by atoms with Crippen LogP contribution in [0.5, 0.6) is 0 Å². The summed E-state index contributed by atoms with van der Waals surface area (Å²) in [4.78, 5) is 0.487. The molecule has 0 aliphatic carbocycles. The first-order chi connectivity index (χ1) is 12.3. The molecule has 0 atom stereocenters. The number of thioether (sulfide) groups is 1. The van der Waals surface area contributed by atoms with Crippen LogP contribution in [0.25, 0.3) is 0 Å². The molecule has 0 bridgehead atoms. The van der Waals surface area contributed by atoms with Gasteiger partial charge in [0.2, 0.25) is 0 Å². The van der Waals surface area contributed by atoms with Gasteiger partial charge >= 0.3 is 0 Å². The van der Waals surface area contributed by atoms with Crippen molar-refractivity contribution in [2.45, 2.75) is 24.5 Å². The van der Waals surface area contributed by atoms with E-state index in [0.29, 0.717) is 32.6 Å². The number of thiocarbonyl (C=S) groups is 2. The molecule has 0 aliphatic rings. The minimum Gasteiger partial charge on any atom is -0.331 e. The van der Waals surface area contributed by atoms with Gasteiger partial charge in [-0.3, -0.25) is 10.9 Å². The minimum atomic E-state index is -2.44. The van der Waals surface area contributed by atoms with Gasteiger partial charge < -0.3 is 10.6 Å². The zero-order chi connectivity index (χ0) is 19.1. The number of aryl methyl sites for hydroxylation is 2. The molecule has 4 N–H and O–H groups in total. The molecular weight excluding hydrogens is 394 g/mol. The summed E-state index contributed by atoms with van der Waals surface area (Å²) in [5.74, 6) is -2.44. The predicted octanol–water partition coefficient (Wildman–Crippen LogP) is 4.81. The maximum absolute atomic E-state index is 12.3. The third-order valence-corrected chi connectivity index (χ3v) is 4.52. The summed E-state index contributed by atoms with van der Waals surface area (Å²) >= 11 is 10.9. The van der Waals surface area contributed by atoms with Gasteiger partial charge in [0, 0.05) is 16.3 Å². The van der Waals surface area contributed by atoms with E-state index >= 15 is 0 Å². The van der Waals surface area contributed by atoms with Crippen molar-refractivity contribution < 1.29 is 8.78 Å². The first-order valence-corrected chi connectivity index (χ1v) is 9.29. The predicted molar refractivity (Wildman–Crippen MR) is 113 cm³/mol. The fourth-order valence-electron chi connectivity index (χ4n) is 1.98. The molecule has 2 aromatic carbocycles. The lowest BCUT2D eigenvalue weighted by Crippen LogP contribution is -2.45. The van der Waals surface area contributed by atoms with Crippen LogP contribution in [0.3, 0.4) is 0 Å². The second kappa shape index (κ2) is 9.65. The smallest absolute Gasteiger partial charge is 0.288 e. The number of hydrazine groups is 1. The zero-order valence-electron chi connectivity index (χ0n) is 14.1. The second-order valence-corrected chi connectivity index (χ2v) is 7.24. The fraction of sp³-hybridized carbons (Fsp3) is 0.176. The molecule has 4 nitrogen and oxygen atoms in total. The highest BCUT2D eigenvalue weighted by molar-refractivity contribution is 7.99. The molecule has 0 heterocycles. The first-order valence-electron chi connectivity index (χ1n) is 7.59. The Morgan fingerprint density at radius 3 is 1.92 bits per heavy atom. The third-order valence-electron chi connectivity index (χ3n) is 3.39. The van der Waals surface area contributed by atoms with E-state index in [0.717, 1.165) is 11.3 Å². The van der Waals surface area contributed by atoms with Gasteiger partial charge in [-0.15, -0.1) is 0 Å². The standard InChI is InChI=1S/C17H18F2N4S3/c1-10-3-4-13(9-11(10)2)21-17(25)23-22-16(24)20-12-5-7-14(8-6-12)26-15(18)19/h3-9,15H,1-2H3,(H2,20,22,24)(H2,21,23,25). The monoisotopic (exact) mass is 412 g/mol. The van der Waals surface area contributed by atoms with E-state index in [1.54, 1.807) is 24.3 Å². The summed E-state index contributed by atoms with van der Waals surface area (Å²) < 4.78 is 24.6. The van der Waals surface area contributed by atoms with Crippen molar-refractivity contribution in [1.82, 2.24) is 10.9 Å². The number of rotatable bonds is 4. The lowest BCUT2D eigenvalue weighted by atomic mass is 10.1. The van der Waals surface area contributed by atoms with Gasteiger partial charge in [-0.05, 0) is 85.8 Å². The largest absolute Gasteiger partial charge is 0.331 e. The number of alkyl halides is 2. The molecule has 0 radical (unpaired) electrons. The van der Waals surface area contributed by atoms with Crippen molar-refractivity contribution in [2.75, 3.05) is 10.6 Å². The van der Waals surface area contributed by atoms with Gasteiger partial charge in [0.1, 0.15) is 0 Å². The maximum Gasteiger partial charge on any atom is 0.288 e. The van der Waals surface area contributed by atoms with Gasteiger partial charge in [0.15, 0.2) is 10.2 Å². The lowest BCUT2D eigenvalue weighted by Gasteiger charge is -2.15. The van der Waals surface area contributed by atoms with Crippen molar-refractivity contribution in [2.24, 2.45) is 0 Å². The summed E-state index contributed by atoms with van der Waals surface area (Å²) in [7, 11) is 0. The molecule has 138 valence electrons. The van der Waals surface area contributed by atoms with Crippen LogP contribution < -0.4 is 21.5 Å². The second-order valence-electron chi connectivity index (χ2n) is 5.36. The number of halogens is 2. The average Bonchev–Trinajstić information content (AvgIpc) is 2.58. The number of hydrogen-bond donors (Lipinski definition) is 4. The summed E-state index contributed by atoms with van der Waals surface area (Å²) in [6.45, 7) is 4.07. The Morgan fingerprint density at radius 1 is 0.846 bits per heavy atom. The highest BCUT2D eigenvalue weighted by Crippen LogP contribution is 2.26. The molecule has 0 fully saturated rings. The Labute approximate surface area is 166 Å². The van der Waals surface area contributed by atoms with Crippen molar-refractivity contribution in [1.29, 1.82) is 0 Å². The van der Waals surface area contributed by atoms with Gasteiger partial charge in [-0.1, -0.05) is 17.8 Å². The molecule has 0 saturated carbocycles. The Kier molecular flexibility index (Phi) is 7.55. The van der Waals surface area contributed by atoms with Crippen molar-refractivity contribution in [3.8, 4) is 0 Å². The van der Waals surface area contributed by atoms with Crippen LogP contribution in [0.4, 0.5) is 20.2 Å². The highest BCUT2D eigenvalue weighted by Gasteiger charge is 2.05. The highest BCUT2D eigenvalue weighted by atomic mass is 32.2. The number of anilines is 2. The van der Waals surface area contributed by atoms with Crippen LogP contribution >= 0.6 is 36.2 Å². The number of benzene rings is 2. The van der Waals surface area contributed by atoms with Gasteiger partial charge in [-0.25, -0.2) is 0 Å². The molecule has 2 aromatic rings. The van der Waals surface area contributed by atoms with Gasteiger partial charge in [0.05, 0.1) is 0 Å². The van der Waals surface area contributed by atoms with E-state index in [2.05, 4.69) is 21.5 Å². The minimum absolute atomic E-state index is 0.295. The van der Waals surface area contributed by atoms with Crippen LogP contribution in [-0.4, -0.2) is 16.0 Å². The Hall–Kier alpha value is -1.97. The molecule has 0 saturated heterocycles. The topological polar surface area (TPSA) is 48.1 Å². The van der Waals surface area contributed by atoms with E-state index in [-0.39, 0.29) is 0 Å². The summed E-state index contributed by atoms with van der Waals surface area (Å²) in [6, 6.07) is 12.5. The van der Waals surface area contributed by atoms with Crippen molar-refractivity contribution >= 4 is 57.8 Å². The molecule has 0 aliphatic heterocycles. The van der Waals surface area contributed by atoms with Gasteiger partial charge in [-0.2, -0.15) is 8.78 Å². The quantitative estimate of drug-likeness (QED) is 0.327. The van der Waals surface area contributed by atoms with Crippen molar-refractivity contribution in [3.63, 3.8) is 0 Å². The lowest BCUT2D eigenvalue weighted by molar-refractivity contribution is 0.252. The van der Waals surface area contributed by atoms with Crippen molar-refractivity contribution in [3.05, 3.63) is 53.6 Å². The van der Waals surface area contributed by atoms with E-state index in [1.807, 2.05) is 32.0 Å². The van der Waals surface area contributed by atoms with E-state index < -0.39 is 5.76 Å². The van der Waals surface area contributed by atoms with Crippen LogP contribution in [0.15, 0.2) is 47.4 Å². The Balaban J connectivity index is 1.78. The third kappa shape index (κ3) is 6.74.